The van der Waals surface area contributed by atoms with Gasteiger partial charge >= 0.3 is 5.97 Å². The summed E-state index contributed by atoms with van der Waals surface area (Å²) in [5.74, 6) is -0.517. The molecule has 2 heterocycles. The van der Waals surface area contributed by atoms with Crippen LogP contribution in [0.4, 0.5) is 0 Å². The normalized spacial score (nSPS) is 11.6. The van der Waals surface area contributed by atoms with Gasteiger partial charge in [-0.15, -0.1) is 0 Å². The first-order chi connectivity index (χ1) is 12.8. The van der Waals surface area contributed by atoms with Crippen molar-refractivity contribution in [2.45, 2.75) is 24.8 Å². The Morgan fingerprint density at radius 1 is 1.19 bits per heavy atom. The number of rotatable bonds is 7. The molecule has 27 heavy (non-hydrogen) atoms. The lowest BCUT2D eigenvalue weighted by Crippen LogP contribution is -2.26. The number of hydrogen-bond donors (Lipinski definition) is 1. The summed E-state index contributed by atoms with van der Waals surface area (Å²) in [6.45, 7) is 1.83. The molecule has 2 aromatic heterocycles. The van der Waals surface area contributed by atoms with Gasteiger partial charge in [-0.25, -0.2) is 18.1 Å². The summed E-state index contributed by atoms with van der Waals surface area (Å²) in [6, 6.07) is 9.94. The van der Waals surface area contributed by atoms with Crippen LogP contribution in [-0.2, 0) is 26.2 Å². The number of carbonyl (C=O) groups excluding carboxylic acids is 1. The van der Waals surface area contributed by atoms with Gasteiger partial charge in [-0.05, 0) is 31.2 Å². The zero-order chi connectivity index (χ0) is 19.4. The number of esters is 1. The van der Waals surface area contributed by atoms with Crippen LogP contribution in [0.2, 0.25) is 5.02 Å². The van der Waals surface area contributed by atoms with Crippen molar-refractivity contribution < 1.29 is 17.9 Å². The number of aryl methyl sites for hydroxylation is 1. The maximum absolute atomic E-state index is 12.1. The lowest BCUT2D eigenvalue weighted by atomic mass is 10.2. The van der Waals surface area contributed by atoms with Gasteiger partial charge in [-0.3, -0.25) is 4.79 Å². The fourth-order valence-electron chi connectivity index (χ4n) is 2.40. The Hall–Kier alpha value is -2.42. The topological polar surface area (TPSA) is 89.8 Å². The van der Waals surface area contributed by atoms with E-state index in [1.165, 1.54) is 12.1 Å². The second-order valence-electron chi connectivity index (χ2n) is 5.97. The second kappa shape index (κ2) is 8.08. The average molecular weight is 408 g/mol. The van der Waals surface area contributed by atoms with Crippen molar-refractivity contribution in [1.29, 1.82) is 0 Å². The van der Waals surface area contributed by atoms with Gasteiger partial charge in [0, 0.05) is 18.9 Å². The van der Waals surface area contributed by atoms with E-state index in [9.17, 15) is 13.2 Å². The highest BCUT2D eigenvalue weighted by molar-refractivity contribution is 7.89. The number of ether oxygens (including phenoxy) is 1. The molecule has 0 saturated carbocycles. The van der Waals surface area contributed by atoms with Gasteiger partial charge in [0.05, 0.1) is 22.0 Å². The Bertz CT molecular complexity index is 1060. The molecule has 142 valence electrons. The third-order valence-corrected chi connectivity index (χ3v) is 5.50. The van der Waals surface area contributed by atoms with Crippen LogP contribution in [0.1, 0.15) is 17.7 Å². The lowest BCUT2D eigenvalue weighted by molar-refractivity contribution is -0.144. The number of aromatic nitrogens is 2. The quantitative estimate of drug-likeness (QED) is 0.608. The highest BCUT2D eigenvalue weighted by Gasteiger charge is 2.14. The van der Waals surface area contributed by atoms with E-state index in [0.717, 1.165) is 5.56 Å². The summed E-state index contributed by atoms with van der Waals surface area (Å²) in [5.41, 5.74) is 2.23. The monoisotopic (exact) mass is 407 g/mol. The predicted octanol–water partition coefficient (Wildman–Crippen LogP) is 2.71. The SMILES string of the molecule is Cc1ccc(S(=O)(=O)NCCC(=O)OCc2cn3cc(Cl)ccc3n2)cc1. The highest BCUT2D eigenvalue weighted by atomic mass is 35.5. The number of halogens is 1. The van der Waals surface area contributed by atoms with E-state index < -0.39 is 16.0 Å². The van der Waals surface area contributed by atoms with E-state index >= 15 is 0 Å². The molecule has 0 fully saturated rings. The van der Waals surface area contributed by atoms with E-state index in [0.29, 0.717) is 16.4 Å². The van der Waals surface area contributed by atoms with Crippen LogP contribution < -0.4 is 4.72 Å². The summed E-state index contributed by atoms with van der Waals surface area (Å²) in [7, 11) is -3.65. The van der Waals surface area contributed by atoms with Crippen LogP contribution >= 0.6 is 11.6 Å². The van der Waals surface area contributed by atoms with Crippen LogP contribution in [0.5, 0.6) is 0 Å². The summed E-state index contributed by atoms with van der Waals surface area (Å²) < 4.78 is 33.6. The van der Waals surface area contributed by atoms with Gasteiger partial charge in [-0.1, -0.05) is 29.3 Å². The molecule has 0 bridgehead atoms. The number of hydrogen-bond acceptors (Lipinski definition) is 5. The first kappa shape index (κ1) is 19.3. The second-order valence-corrected chi connectivity index (χ2v) is 8.17. The van der Waals surface area contributed by atoms with Crippen LogP contribution in [0.25, 0.3) is 5.65 Å². The third kappa shape index (κ3) is 5.06. The number of fused-ring (bicyclic) bond motifs is 1. The van der Waals surface area contributed by atoms with E-state index in [1.54, 1.807) is 41.1 Å². The third-order valence-electron chi connectivity index (χ3n) is 3.80. The molecule has 0 aliphatic carbocycles. The number of imidazole rings is 1. The summed E-state index contributed by atoms with van der Waals surface area (Å²) in [6.07, 6.45) is 3.34. The molecule has 0 atom stereocenters. The maximum atomic E-state index is 12.1. The van der Waals surface area contributed by atoms with Crippen molar-refractivity contribution in [3.63, 3.8) is 0 Å². The van der Waals surface area contributed by atoms with E-state index in [-0.39, 0.29) is 24.5 Å². The van der Waals surface area contributed by atoms with Crippen LogP contribution in [0.3, 0.4) is 0 Å². The molecule has 9 heteroatoms. The molecule has 0 spiro atoms. The van der Waals surface area contributed by atoms with Crippen molar-refractivity contribution >= 4 is 33.2 Å². The van der Waals surface area contributed by atoms with Crippen molar-refractivity contribution in [3.05, 3.63) is 65.1 Å². The number of sulfonamides is 1. The van der Waals surface area contributed by atoms with Crippen molar-refractivity contribution in [2.24, 2.45) is 0 Å². The molecule has 7 nitrogen and oxygen atoms in total. The summed E-state index contributed by atoms with van der Waals surface area (Å²) in [5, 5.41) is 0.573. The van der Waals surface area contributed by atoms with Crippen LogP contribution in [0.15, 0.2) is 53.7 Å². The standard InChI is InChI=1S/C18H18ClN3O4S/c1-13-2-5-16(6-3-13)27(24,25)20-9-8-18(23)26-12-15-11-22-10-14(19)4-7-17(22)21-15/h2-7,10-11,20H,8-9,12H2,1H3. The Morgan fingerprint density at radius 2 is 1.93 bits per heavy atom. The van der Waals surface area contributed by atoms with E-state index in [2.05, 4.69) is 9.71 Å². The van der Waals surface area contributed by atoms with Crippen molar-refractivity contribution in [1.82, 2.24) is 14.1 Å². The predicted molar refractivity (Wildman–Crippen MR) is 101 cm³/mol. The molecule has 1 N–H and O–H groups in total. The number of nitrogens with one attached hydrogen (secondary N) is 1. The number of carbonyl (C=O) groups is 1. The van der Waals surface area contributed by atoms with Gasteiger partial charge < -0.3 is 9.14 Å². The van der Waals surface area contributed by atoms with Crippen molar-refractivity contribution in [2.75, 3.05) is 6.54 Å². The lowest BCUT2D eigenvalue weighted by Gasteiger charge is -2.07. The number of pyridine rings is 1. The first-order valence-electron chi connectivity index (χ1n) is 8.18. The summed E-state index contributed by atoms with van der Waals surface area (Å²) >= 11 is 5.91. The molecule has 1 aromatic carbocycles. The molecule has 3 rings (SSSR count). The highest BCUT2D eigenvalue weighted by Crippen LogP contribution is 2.13. The first-order valence-corrected chi connectivity index (χ1v) is 10.0. The molecule has 0 amide bonds. The number of benzene rings is 1. The van der Waals surface area contributed by atoms with Gasteiger partial charge in [0.25, 0.3) is 0 Å². The Labute approximate surface area is 162 Å². The van der Waals surface area contributed by atoms with Gasteiger partial charge in [0.2, 0.25) is 10.0 Å². The molecule has 0 unspecified atom stereocenters. The minimum absolute atomic E-state index is 0.00282. The molecule has 0 aliphatic rings. The molecule has 0 saturated heterocycles. The van der Waals surface area contributed by atoms with E-state index in [4.69, 9.17) is 16.3 Å². The smallest absolute Gasteiger partial charge is 0.307 e. The van der Waals surface area contributed by atoms with Gasteiger partial charge in [0.15, 0.2) is 0 Å². The van der Waals surface area contributed by atoms with E-state index in [1.807, 2.05) is 6.92 Å². The fourth-order valence-corrected chi connectivity index (χ4v) is 3.60. The molecular formula is C18H18ClN3O4S. The minimum Gasteiger partial charge on any atom is -0.459 e. The minimum atomic E-state index is -3.65. The molecular weight excluding hydrogens is 390 g/mol. The zero-order valence-corrected chi connectivity index (χ0v) is 16.1. The maximum Gasteiger partial charge on any atom is 0.307 e. The molecule has 3 aromatic rings. The number of nitrogens with zero attached hydrogens (tertiary/aromatic N) is 2. The average Bonchev–Trinajstić information content (AvgIpc) is 3.02. The Morgan fingerprint density at radius 3 is 2.67 bits per heavy atom. The fraction of sp³-hybridized carbons (Fsp3) is 0.222. The molecule has 0 radical (unpaired) electrons. The zero-order valence-electron chi connectivity index (χ0n) is 14.6. The van der Waals surface area contributed by atoms with Gasteiger partial charge in [-0.2, -0.15) is 0 Å². The Balaban J connectivity index is 1.48. The van der Waals surface area contributed by atoms with Crippen molar-refractivity contribution in [3.8, 4) is 0 Å². The Kier molecular flexibility index (Phi) is 5.79. The molecule has 0 aliphatic heterocycles. The summed E-state index contributed by atoms with van der Waals surface area (Å²) in [4.78, 5) is 16.3. The van der Waals surface area contributed by atoms with Crippen LogP contribution in [-0.4, -0.2) is 30.3 Å². The van der Waals surface area contributed by atoms with Gasteiger partial charge in [0.1, 0.15) is 12.3 Å². The largest absolute Gasteiger partial charge is 0.459 e. The van der Waals surface area contributed by atoms with Crippen LogP contribution in [0, 0.1) is 6.92 Å².